The van der Waals surface area contributed by atoms with Crippen molar-refractivity contribution in [3.05, 3.63) is 56.7 Å². The lowest BCUT2D eigenvalue weighted by Gasteiger charge is -2.16. The Bertz CT molecular complexity index is 470. The van der Waals surface area contributed by atoms with E-state index in [1.807, 2.05) is 6.07 Å². The van der Waals surface area contributed by atoms with Crippen molar-refractivity contribution in [2.45, 2.75) is 25.3 Å². The molecule has 0 aliphatic heterocycles. The number of halogens is 1. The molecule has 1 atom stereocenters. The van der Waals surface area contributed by atoms with Crippen molar-refractivity contribution in [3.8, 4) is 0 Å². The number of hydrogen-bond acceptors (Lipinski definition) is 3. The molecule has 0 spiro atoms. The van der Waals surface area contributed by atoms with Gasteiger partial charge in [0.15, 0.2) is 0 Å². The predicted octanol–water partition coefficient (Wildman–Crippen LogP) is 3.52. The molecule has 18 heavy (non-hydrogen) atoms. The second-order valence-corrected chi connectivity index (χ2v) is 6.16. The highest BCUT2D eigenvalue weighted by molar-refractivity contribution is 9.10. The number of rotatable bonds is 6. The van der Waals surface area contributed by atoms with Gasteiger partial charge in [-0.05, 0) is 42.3 Å². The molecule has 1 heterocycles. The van der Waals surface area contributed by atoms with E-state index in [9.17, 15) is 0 Å². The van der Waals surface area contributed by atoms with Gasteiger partial charge in [0.25, 0.3) is 0 Å². The normalized spacial score (nSPS) is 12.6. The molecule has 0 radical (unpaired) electrons. The molecule has 96 valence electrons. The highest BCUT2D eigenvalue weighted by Gasteiger charge is 2.10. The van der Waals surface area contributed by atoms with E-state index in [0.29, 0.717) is 6.04 Å². The van der Waals surface area contributed by atoms with E-state index in [0.717, 1.165) is 23.7 Å². The monoisotopic (exact) mass is 324 g/mol. The summed E-state index contributed by atoms with van der Waals surface area (Å²) in [6.45, 7) is 0. The fourth-order valence-corrected chi connectivity index (χ4v) is 3.12. The van der Waals surface area contributed by atoms with Crippen molar-refractivity contribution in [3.63, 3.8) is 0 Å². The van der Waals surface area contributed by atoms with Gasteiger partial charge in [-0.25, -0.2) is 0 Å². The van der Waals surface area contributed by atoms with E-state index < -0.39 is 0 Å². The van der Waals surface area contributed by atoms with Crippen molar-refractivity contribution in [1.29, 1.82) is 0 Å². The van der Waals surface area contributed by atoms with Crippen LogP contribution in [0.15, 0.2) is 46.3 Å². The summed E-state index contributed by atoms with van der Waals surface area (Å²) >= 11 is 5.38. The number of thiophene rings is 1. The fourth-order valence-electron chi connectivity index (χ4n) is 1.95. The highest BCUT2D eigenvalue weighted by atomic mass is 79.9. The Balaban J connectivity index is 1.91. The van der Waals surface area contributed by atoms with E-state index in [2.05, 4.69) is 57.1 Å². The second-order valence-electron chi connectivity index (χ2n) is 4.28. The quantitative estimate of drug-likeness (QED) is 0.630. The first kappa shape index (κ1) is 13.7. The Morgan fingerprint density at radius 1 is 1.22 bits per heavy atom. The summed E-state index contributed by atoms with van der Waals surface area (Å²) in [5, 5.41) is 2.12. The summed E-state index contributed by atoms with van der Waals surface area (Å²) in [6, 6.07) is 12.9. The molecule has 0 fully saturated rings. The molecule has 0 saturated carbocycles. The molecule has 1 aromatic carbocycles. The van der Waals surface area contributed by atoms with Crippen LogP contribution in [-0.4, -0.2) is 6.04 Å². The smallest absolute Gasteiger partial charge is 0.0254 e. The van der Waals surface area contributed by atoms with Crippen LogP contribution in [0, 0.1) is 0 Å². The minimum absolute atomic E-state index is 0.311. The van der Waals surface area contributed by atoms with Crippen LogP contribution in [0.1, 0.15) is 16.9 Å². The standard InChI is InChI=1S/C14H17BrN2S/c15-14-6-2-1-4-11(14)10-12(17-16)7-8-13-5-3-9-18-13/h1-6,9,12,17H,7-8,10,16H2. The molecule has 0 saturated heterocycles. The van der Waals surface area contributed by atoms with E-state index >= 15 is 0 Å². The number of benzene rings is 1. The largest absolute Gasteiger partial charge is 0.271 e. The van der Waals surface area contributed by atoms with E-state index in [1.165, 1.54) is 10.4 Å². The molecular formula is C14H17BrN2S. The third-order valence-electron chi connectivity index (χ3n) is 2.98. The van der Waals surface area contributed by atoms with Gasteiger partial charge in [0, 0.05) is 15.4 Å². The molecule has 2 aromatic rings. The van der Waals surface area contributed by atoms with Gasteiger partial charge in [-0.3, -0.25) is 11.3 Å². The molecule has 2 nitrogen and oxygen atoms in total. The number of aryl methyl sites for hydroxylation is 1. The van der Waals surface area contributed by atoms with Crippen LogP contribution in [0.4, 0.5) is 0 Å². The van der Waals surface area contributed by atoms with Crippen molar-refractivity contribution in [2.24, 2.45) is 5.84 Å². The fraction of sp³-hybridized carbons (Fsp3) is 0.286. The van der Waals surface area contributed by atoms with Crippen LogP contribution in [0.3, 0.4) is 0 Å². The average molecular weight is 325 g/mol. The summed E-state index contributed by atoms with van der Waals surface area (Å²) < 4.78 is 1.15. The van der Waals surface area contributed by atoms with Gasteiger partial charge in [-0.15, -0.1) is 11.3 Å². The zero-order valence-electron chi connectivity index (χ0n) is 10.1. The number of hydrogen-bond donors (Lipinski definition) is 2. The minimum Gasteiger partial charge on any atom is -0.271 e. The first-order chi connectivity index (χ1) is 8.79. The molecule has 4 heteroatoms. The Morgan fingerprint density at radius 2 is 2.06 bits per heavy atom. The summed E-state index contributed by atoms with van der Waals surface area (Å²) in [4.78, 5) is 1.42. The van der Waals surface area contributed by atoms with E-state index in [-0.39, 0.29) is 0 Å². The molecule has 0 bridgehead atoms. The zero-order valence-corrected chi connectivity index (χ0v) is 12.5. The topological polar surface area (TPSA) is 38.0 Å². The zero-order chi connectivity index (χ0) is 12.8. The molecule has 2 rings (SSSR count). The summed E-state index contributed by atoms with van der Waals surface area (Å²) in [6.07, 6.45) is 3.08. The molecule has 0 aliphatic rings. The Labute approximate surface area is 120 Å². The lowest BCUT2D eigenvalue weighted by atomic mass is 10.0. The minimum atomic E-state index is 0.311. The Hall–Kier alpha value is -0.680. The maximum Gasteiger partial charge on any atom is 0.0254 e. The SMILES string of the molecule is NNC(CCc1cccs1)Cc1ccccc1Br. The molecule has 0 amide bonds. The molecule has 1 unspecified atom stereocenters. The van der Waals surface area contributed by atoms with Crippen molar-refractivity contribution in [1.82, 2.24) is 5.43 Å². The van der Waals surface area contributed by atoms with E-state index in [1.54, 1.807) is 11.3 Å². The predicted molar refractivity (Wildman–Crippen MR) is 81.6 cm³/mol. The van der Waals surface area contributed by atoms with Crippen molar-refractivity contribution < 1.29 is 0 Å². The van der Waals surface area contributed by atoms with Crippen LogP contribution in [0.25, 0.3) is 0 Å². The molecule has 0 aliphatic carbocycles. The second kappa shape index (κ2) is 7.04. The third-order valence-corrected chi connectivity index (χ3v) is 4.69. The summed E-state index contributed by atoms with van der Waals surface area (Å²) in [5.74, 6) is 5.65. The van der Waals surface area contributed by atoms with Gasteiger partial charge in [0.2, 0.25) is 0 Å². The van der Waals surface area contributed by atoms with Gasteiger partial charge in [0.1, 0.15) is 0 Å². The lowest BCUT2D eigenvalue weighted by molar-refractivity contribution is 0.492. The Morgan fingerprint density at radius 3 is 2.72 bits per heavy atom. The van der Waals surface area contributed by atoms with Gasteiger partial charge in [0.05, 0.1) is 0 Å². The lowest BCUT2D eigenvalue weighted by Crippen LogP contribution is -2.37. The molecular weight excluding hydrogens is 308 g/mol. The van der Waals surface area contributed by atoms with Gasteiger partial charge < -0.3 is 0 Å². The summed E-state index contributed by atoms with van der Waals surface area (Å²) in [5.41, 5.74) is 4.22. The maximum atomic E-state index is 5.65. The van der Waals surface area contributed by atoms with E-state index in [4.69, 9.17) is 5.84 Å². The van der Waals surface area contributed by atoms with Gasteiger partial charge in [-0.1, -0.05) is 40.2 Å². The maximum absolute atomic E-state index is 5.65. The van der Waals surface area contributed by atoms with Crippen LogP contribution >= 0.6 is 27.3 Å². The number of nitrogens with two attached hydrogens (primary N) is 1. The van der Waals surface area contributed by atoms with Crippen molar-refractivity contribution in [2.75, 3.05) is 0 Å². The van der Waals surface area contributed by atoms with Crippen LogP contribution < -0.4 is 11.3 Å². The average Bonchev–Trinajstić information content (AvgIpc) is 2.90. The molecule has 3 N–H and O–H groups in total. The van der Waals surface area contributed by atoms with Crippen LogP contribution in [0.2, 0.25) is 0 Å². The molecule has 1 aromatic heterocycles. The van der Waals surface area contributed by atoms with Crippen LogP contribution in [0.5, 0.6) is 0 Å². The Kier molecular flexibility index (Phi) is 5.38. The number of nitrogens with one attached hydrogen (secondary N) is 1. The number of hydrazine groups is 1. The van der Waals surface area contributed by atoms with Gasteiger partial charge in [-0.2, -0.15) is 0 Å². The third kappa shape index (κ3) is 3.92. The van der Waals surface area contributed by atoms with Crippen molar-refractivity contribution >= 4 is 27.3 Å². The van der Waals surface area contributed by atoms with Crippen LogP contribution in [-0.2, 0) is 12.8 Å². The first-order valence-corrected chi connectivity index (χ1v) is 7.69. The van der Waals surface area contributed by atoms with Gasteiger partial charge >= 0.3 is 0 Å². The highest BCUT2D eigenvalue weighted by Crippen LogP contribution is 2.19. The summed E-state index contributed by atoms with van der Waals surface area (Å²) in [7, 11) is 0. The first-order valence-electron chi connectivity index (χ1n) is 6.01.